The molecule has 0 bridgehead atoms. The molecule has 2 N–H and O–H groups in total. The number of hydrogen-bond donors (Lipinski definition) is 2. The van der Waals surface area contributed by atoms with Gasteiger partial charge in [0.1, 0.15) is 10.1 Å². The highest BCUT2D eigenvalue weighted by molar-refractivity contribution is 7.19. The molecule has 0 aliphatic rings. The topological polar surface area (TPSA) is 61.7 Å². The number of benzene rings is 2. The zero-order valence-electron chi connectivity index (χ0n) is 12.4. The monoisotopic (exact) mass is 356 g/mol. The third-order valence-electron chi connectivity index (χ3n) is 3.25. The van der Waals surface area contributed by atoms with Gasteiger partial charge in [-0.05, 0) is 29.8 Å². The molecule has 0 saturated heterocycles. The molecule has 2 aromatic carbocycles. The predicted molar refractivity (Wildman–Crippen MR) is 97.9 cm³/mol. The van der Waals surface area contributed by atoms with E-state index in [1.54, 1.807) is 12.1 Å². The molecular weight excluding hydrogens is 344 g/mol. The Morgan fingerprint density at radius 2 is 1.92 bits per heavy atom. The Kier molecular flexibility index (Phi) is 4.93. The number of carbonyl (C=O) groups excluding carboxylic acids is 1. The van der Waals surface area contributed by atoms with E-state index >= 15 is 0 Å². The Hall–Kier alpha value is -2.63. The number of phenolic OH excluding ortho intramolecular Hbond substituents is 1. The maximum absolute atomic E-state index is 11.9. The van der Waals surface area contributed by atoms with Crippen LogP contribution in [-0.4, -0.2) is 17.2 Å². The molecule has 0 fully saturated rings. The summed E-state index contributed by atoms with van der Waals surface area (Å²) in [5, 5.41) is 13.3. The Labute approximate surface area is 148 Å². The number of phenols is 1. The molecule has 0 radical (unpaired) electrons. The number of aromatic hydroxyl groups is 1. The molecule has 0 atom stereocenters. The highest BCUT2D eigenvalue weighted by Gasteiger charge is 2.08. The van der Waals surface area contributed by atoms with Gasteiger partial charge in [0.05, 0.1) is 6.21 Å². The van der Waals surface area contributed by atoms with Crippen LogP contribution in [0.25, 0.3) is 10.4 Å². The lowest BCUT2D eigenvalue weighted by molar-refractivity contribution is 0.0954. The number of nitrogens with one attached hydrogen (secondary N) is 1. The van der Waals surface area contributed by atoms with Crippen molar-refractivity contribution < 1.29 is 9.90 Å². The van der Waals surface area contributed by atoms with Gasteiger partial charge in [-0.3, -0.25) is 4.79 Å². The predicted octanol–water partition coefficient (Wildman–Crippen LogP) is 4.54. The summed E-state index contributed by atoms with van der Waals surface area (Å²) in [6.45, 7) is 0. The normalized spacial score (nSPS) is 10.9. The average molecular weight is 357 g/mol. The number of amides is 1. The van der Waals surface area contributed by atoms with E-state index in [1.165, 1.54) is 29.7 Å². The Morgan fingerprint density at radius 3 is 2.67 bits per heavy atom. The quantitative estimate of drug-likeness (QED) is 0.532. The van der Waals surface area contributed by atoms with Crippen LogP contribution in [0.5, 0.6) is 5.75 Å². The lowest BCUT2D eigenvalue weighted by atomic mass is 10.2. The minimum absolute atomic E-state index is 0.0278. The van der Waals surface area contributed by atoms with Gasteiger partial charge in [-0.15, -0.1) is 11.3 Å². The lowest BCUT2D eigenvalue weighted by Crippen LogP contribution is -2.17. The van der Waals surface area contributed by atoms with E-state index in [0.29, 0.717) is 9.90 Å². The van der Waals surface area contributed by atoms with Crippen molar-refractivity contribution in [3.63, 3.8) is 0 Å². The molecule has 24 heavy (non-hydrogen) atoms. The third kappa shape index (κ3) is 3.82. The smallest absolute Gasteiger partial charge is 0.271 e. The summed E-state index contributed by atoms with van der Waals surface area (Å²) in [7, 11) is 0. The summed E-state index contributed by atoms with van der Waals surface area (Å²) in [5.74, 6) is -0.378. The number of rotatable bonds is 4. The van der Waals surface area contributed by atoms with E-state index in [-0.39, 0.29) is 5.75 Å². The number of halogens is 1. The summed E-state index contributed by atoms with van der Waals surface area (Å²) in [4.78, 5) is 13.0. The van der Waals surface area contributed by atoms with Crippen molar-refractivity contribution in [3.05, 3.63) is 76.1 Å². The van der Waals surface area contributed by atoms with Gasteiger partial charge in [0.2, 0.25) is 0 Å². The van der Waals surface area contributed by atoms with Crippen LogP contribution >= 0.6 is 22.9 Å². The fourth-order valence-corrected chi connectivity index (χ4v) is 3.30. The maximum Gasteiger partial charge on any atom is 0.271 e. The van der Waals surface area contributed by atoms with Gasteiger partial charge in [-0.2, -0.15) is 5.10 Å². The zero-order chi connectivity index (χ0) is 16.9. The van der Waals surface area contributed by atoms with E-state index in [1.807, 2.05) is 36.4 Å². The van der Waals surface area contributed by atoms with E-state index in [0.717, 1.165) is 16.0 Å². The number of carbonyl (C=O) groups is 1. The molecular formula is C18H13ClN2O2S. The second-order valence-electron chi connectivity index (χ2n) is 4.96. The molecule has 3 aromatic rings. The zero-order valence-corrected chi connectivity index (χ0v) is 14.0. The van der Waals surface area contributed by atoms with Gasteiger partial charge in [0.15, 0.2) is 0 Å². The molecule has 4 nitrogen and oxygen atoms in total. The molecule has 3 rings (SSSR count). The first-order chi connectivity index (χ1) is 11.6. The van der Waals surface area contributed by atoms with Crippen LogP contribution < -0.4 is 5.43 Å². The van der Waals surface area contributed by atoms with Crippen molar-refractivity contribution in [3.8, 4) is 16.2 Å². The van der Waals surface area contributed by atoms with Crippen LogP contribution in [0.15, 0.2) is 65.8 Å². The first-order valence-corrected chi connectivity index (χ1v) is 8.30. The fourth-order valence-electron chi connectivity index (χ4n) is 2.09. The van der Waals surface area contributed by atoms with Crippen molar-refractivity contribution in [2.45, 2.75) is 0 Å². The molecule has 6 heteroatoms. The van der Waals surface area contributed by atoms with Gasteiger partial charge in [-0.25, -0.2) is 5.43 Å². The van der Waals surface area contributed by atoms with E-state index in [4.69, 9.17) is 11.6 Å². The van der Waals surface area contributed by atoms with Crippen LogP contribution in [0.4, 0.5) is 0 Å². The van der Waals surface area contributed by atoms with Gasteiger partial charge in [0, 0.05) is 16.0 Å². The van der Waals surface area contributed by atoms with Crippen molar-refractivity contribution in [2.75, 3.05) is 0 Å². The first kappa shape index (κ1) is 16.2. The molecule has 0 aliphatic heterocycles. The molecule has 120 valence electrons. The molecule has 1 amide bonds. The SMILES string of the molecule is O=C(N/N=C\c1cc(-c2ccccc2)sc1Cl)c1cccc(O)c1. The maximum atomic E-state index is 11.9. The second kappa shape index (κ2) is 7.29. The Balaban J connectivity index is 1.71. The molecule has 0 aliphatic carbocycles. The summed E-state index contributed by atoms with van der Waals surface area (Å²) < 4.78 is 0.601. The largest absolute Gasteiger partial charge is 0.508 e. The summed E-state index contributed by atoms with van der Waals surface area (Å²) in [6, 6.07) is 17.9. The lowest BCUT2D eigenvalue weighted by Gasteiger charge is -1.99. The third-order valence-corrected chi connectivity index (χ3v) is 4.69. The number of hydrogen-bond acceptors (Lipinski definition) is 4. The van der Waals surface area contributed by atoms with Gasteiger partial charge in [0.25, 0.3) is 5.91 Å². The number of thiophene rings is 1. The fraction of sp³-hybridized carbons (Fsp3) is 0. The standard InChI is InChI=1S/C18H13ClN2O2S/c19-17-14(10-16(24-17)12-5-2-1-3-6-12)11-20-21-18(23)13-7-4-8-15(22)9-13/h1-11,22H,(H,21,23)/b20-11-. The Morgan fingerprint density at radius 1 is 1.12 bits per heavy atom. The number of hydrazone groups is 1. The first-order valence-electron chi connectivity index (χ1n) is 7.10. The van der Waals surface area contributed by atoms with Gasteiger partial charge >= 0.3 is 0 Å². The van der Waals surface area contributed by atoms with Gasteiger partial charge in [-0.1, -0.05) is 48.0 Å². The van der Waals surface area contributed by atoms with Crippen molar-refractivity contribution in [2.24, 2.45) is 5.10 Å². The molecule has 0 unspecified atom stereocenters. The summed E-state index contributed by atoms with van der Waals surface area (Å²) >= 11 is 7.68. The van der Waals surface area contributed by atoms with Crippen LogP contribution in [0.2, 0.25) is 4.34 Å². The summed E-state index contributed by atoms with van der Waals surface area (Å²) in [6.07, 6.45) is 1.51. The van der Waals surface area contributed by atoms with E-state index in [9.17, 15) is 9.90 Å². The minimum Gasteiger partial charge on any atom is -0.508 e. The van der Waals surface area contributed by atoms with Crippen molar-refractivity contribution >= 4 is 35.1 Å². The van der Waals surface area contributed by atoms with Crippen LogP contribution in [0, 0.1) is 0 Å². The molecule has 1 heterocycles. The molecule has 1 aromatic heterocycles. The average Bonchev–Trinajstić information content (AvgIpc) is 2.96. The molecule has 0 saturated carbocycles. The van der Waals surface area contributed by atoms with Crippen LogP contribution in [-0.2, 0) is 0 Å². The van der Waals surface area contributed by atoms with E-state index < -0.39 is 5.91 Å². The van der Waals surface area contributed by atoms with Gasteiger partial charge < -0.3 is 5.11 Å². The number of nitrogens with zero attached hydrogens (tertiary/aromatic N) is 1. The van der Waals surface area contributed by atoms with E-state index in [2.05, 4.69) is 10.5 Å². The highest BCUT2D eigenvalue weighted by Crippen LogP contribution is 2.33. The molecule has 0 spiro atoms. The summed E-state index contributed by atoms with van der Waals surface area (Å²) in [5.41, 5.74) is 4.55. The van der Waals surface area contributed by atoms with Crippen LogP contribution in [0.1, 0.15) is 15.9 Å². The van der Waals surface area contributed by atoms with Crippen LogP contribution in [0.3, 0.4) is 0 Å². The van der Waals surface area contributed by atoms with Crippen molar-refractivity contribution in [1.82, 2.24) is 5.43 Å². The minimum atomic E-state index is -0.406. The second-order valence-corrected chi connectivity index (χ2v) is 6.61. The highest BCUT2D eigenvalue weighted by atomic mass is 35.5. The van der Waals surface area contributed by atoms with Crippen molar-refractivity contribution in [1.29, 1.82) is 0 Å². The Bertz CT molecular complexity index is 891.